The summed E-state index contributed by atoms with van der Waals surface area (Å²) in [6, 6.07) is 0. The highest BCUT2D eigenvalue weighted by Crippen LogP contribution is 2.05. The Morgan fingerprint density at radius 1 is 1.58 bits per heavy atom. The first-order valence-electron chi connectivity index (χ1n) is 3.81. The zero-order valence-electron chi connectivity index (χ0n) is 7.58. The molecule has 0 aliphatic carbocycles. The van der Waals surface area contributed by atoms with Gasteiger partial charge in [0.05, 0.1) is 11.9 Å². The predicted octanol–water partition coefficient (Wildman–Crippen LogP) is 0.748. The molecule has 0 aliphatic rings. The molecule has 4 heteroatoms. The van der Waals surface area contributed by atoms with Gasteiger partial charge in [-0.25, -0.2) is 8.42 Å². The minimum absolute atomic E-state index is 0.153. The van der Waals surface area contributed by atoms with Crippen molar-refractivity contribution in [1.82, 2.24) is 0 Å². The highest BCUT2D eigenvalue weighted by Gasteiger charge is 2.11. The van der Waals surface area contributed by atoms with Crippen LogP contribution in [0.15, 0.2) is 12.2 Å². The summed E-state index contributed by atoms with van der Waals surface area (Å²) in [5.41, 5.74) is 0.961. The van der Waals surface area contributed by atoms with Crippen LogP contribution in [0.3, 0.4) is 0 Å². The van der Waals surface area contributed by atoms with E-state index in [-0.39, 0.29) is 5.75 Å². The number of hydrogen-bond donors (Lipinski definition) is 1. The van der Waals surface area contributed by atoms with Crippen molar-refractivity contribution >= 4 is 9.84 Å². The summed E-state index contributed by atoms with van der Waals surface area (Å²) in [6.07, 6.45) is 1.52. The van der Waals surface area contributed by atoms with E-state index < -0.39 is 15.9 Å². The molecule has 0 saturated heterocycles. The van der Waals surface area contributed by atoms with Gasteiger partial charge in [-0.1, -0.05) is 5.57 Å². The topological polar surface area (TPSA) is 54.4 Å². The zero-order chi connectivity index (χ0) is 9.78. The highest BCUT2D eigenvalue weighted by molar-refractivity contribution is 7.90. The molecule has 0 saturated carbocycles. The number of sulfone groups is 1. The minimum Gasteiger partial charge on any atom is -0.392 e. The summed E-state index contributed by atoms with van der Waals surface area (Å²) in [5, 5.41) is 9.21. The second kappa shape index (κ2) is 4.62. The van der Waals surface area contributed by atoms with Crippen molar-refractivity contribution in [3.05, 3.63) is 12.2 Å². The average molecular weight is 192 g/mol. The van der Waals surface area contributed by atoms with E-state index in [0.717, 1.165) is 11.8 Å². The first-order valence-corrected chi connectivity index (χ1v) is 5.87. The maximum Gasteiger partial charge on any atom is 0.149 e. The second-order valence-corrected chi connectivity index (χ2v) is 5.43. The maximum atomic E-state index is 10.7. The van der Waals surface area contributed by atoms with Crippen LogP contribution in [0.4, 0.5) is 0 Å². The molecule has 0 spiro atoms. The molecule has 0 aromatic rings. The lowest BCUT2D eigenvalue weighted by molar-refractivity contribution is 0.187. The van der Waals surface area contributed by atoms with Gasteiger partial charge in [-0.15, -0.1) is 6.58 Å². The van der Waals surface area contributed by atoms with Gasteiger partial charge in [0.1, 0.15) is 9.84 Å². The van der Waals surface area contributed by atoms with Gasteiger partial charge in [-0.2, -0.15) is 0 Å². The first-order chi connectivity index (χ1) is 5.31. The van der Waals surface area contributed by atoms with E-state index in [1.54, 1.807) is 0 Å². The van der Waals surface area contributed by atoms with Crippen molar-refractivity contribution in [1.29, 1.82) is 0 Å². The monoisotopic (exact) mass is 192 g/mol. The van der Waals surface area contributed by atoms with Gasteiger partial charge < -0.3 is 5.11 Å². The molecule has 1 unspecified atom stereocenters. The molecule has 72 valence electrons. The molecule has 1 N–H and O–H groups in total. The Morgan fingerprint density at radius 2 is 2.08 bits per heavy atom. The van der Waals surface area contributed by atoms with Crippen LogP contribution in [0.1, 0.15) is 19.8 Å². The summed E-state index contributed by atoms with van der Waals surface area (Å²) < 4.78 is 21.4. The Labute approximate surface area is 74.0 Å². The summed E-state index contributed by atoms with van der Waals surface area (Å²) in [6.45, 7) is 5.52. The van der Waals surface area contributed by atoms with Gasteiger partial charge in [-0.3, -0.25) is 0 Å². The van der Waals surface area contributed by atoms with Crippen molar-refractivity contribution in [2.45, 2.75) is 25.9 Å². The van der Waals surface area contributed by atoms with E-state index >= 15 is 0 Å². The summed E-state index contributed by atoms with van der Waals surface area (Å²) >= 11 is 0. The standard InChI is InChI=1S/C8H16O3S/c1-7(2)4-5-8(9)6-12(3,10)11/h8-9H,1,4-6H2,2-3H3. The van der Waals surface area contributed by atoms with Gasteiger partial charge >= 0.3 is 0 Å². The van der Waals surface area contributed by atoms with Crippen molar-refractivity contribution in [3.8, 4) is 0 Å². The van der Waals surface area contributed by atoms with E-state index in [0.29, 0.717) is 12.8 Å². The lowest BCUT2D eigenvalue weighted by Gasteiger charge is -2.08. The molecule has 0 heterocycles. The average Bonchev–Trinajstić information content (AvgIpc) is 1.79. The lowest BCUT2D eigenvalue weighted by Crippen LogP contribution is -2.19. The molecule has 0 bridgehead atoms. The number of rotatable bonds is 5. The number of allylic oxidation sites excluding steroid dienone is 1. The third-order valence-corrected chi connectivity index (χ3v) is 2.39. The molecule has 1 atom stereocenters. The predicted molar refractivity (Wildman–Crippen MR) is 49.8 cm³/mol. The fourth-order valence-corrected chi connectivity index (χ4v) is 1.71. The van der Waals surface area contributed by atoms with E-state index in [2.05, 4.69) is 6.58 Å². The van der Waals surface area contributed by atoms with Crippen LogP contribution < -0.4 is 0 Å². The molecule has 0 amide bonds. The van der Waals surface area contributed by atoms with Gasteiger partial charge in [0.2, 0.25) is 0 Å². The summed E-state index contributed by atoms with van der Waals surface area (Å²) in [4.78, 5) is 0. The minimum atomic E-state index is -3.05. The molecule has 0 rings (SSSR count). The third kappa shape index (κ3) is 7.75. The van der Waals surface area contributed by atoms with E-state index in [1.807, 2.05) is 6.92 Å². The number of aliphatic hydroxyl groups is 1. The largest absolute Gasteiger partial charge is 0.392 e. The SMILES string of the molecule is C=C(C)CCC(O)CS(C)(=O)=O. The Kier molecular flexibility index (Phi) is 4.49. The van der Waals surface area contributed by atoms with Gasteiger partial charge in [-0.05, 0) is 19.8 Å². The van der Waals surface area contributed by atoms with Gasteiger partial charge in [0.15, 0.2) is 0 Å². The molecule has 0 aromatic heterocycles. The molecule has 3 nitrogen and oxygen atoms in total. The molecule has 0 aliphatic heterocycles. The molecule has 12 heavy (non-hydrogen) atoms. The molecular formula is C8H16O3S. The summed E-state index contributed by atoms with van der Waals surface area (Å²) in [5.74, 6) is -0.153. The van der Waals surface area contributed by atoms with Crippen molar-refractivity contribution in [2.24, 2.45) is 0 Å². The number of aliphatic hydroxyl groups excluding tert-OH is 1. The smallest absolute Gasteiger partial charge is 0.149 e. The normalized spacial score (nSPS) is 14.2. The Bertz CT molecular complexity index is 241. The maximum absolute atomic E-state index is 10.7. The third-order valence-electron chi connectivity index (χ3n) is 1.40. The zero-order valence-corrected chi connectivity index (χ0v) is 8.39. The van der Waals surface area contributed by atoms with Crippen molar-refractivity contribution in [2.75, 3.05) is 12.0 Å². The van der Waals surface area contributed by atoms with Crippen molar-refractivity contribution < 1.29 is 13.5 Å². The van der Waals surface area contributed by atoms with Gasteiger partial charge in [0.25, 0.3) is 0 Å². The first kappa shape index (κ1) is 11.6. The quantitative estimate of drug-likeness (QED) is 0.654. The Morgan fingerprint density at radius 3 is 2.42 bits per heavy atom. The van der Waals surface area contributed by atoms with E-state index in [4.69, 9.17) is 0 Å². The fraction of sp³-hybridized carbons (Fsp3) is 0.750. The Balaban J connectivity index is 3.75. The van der Waals surface area contributed by atoms with Crippen molar-refractivity contribution in [3.63, 3.8) is 0 Å². The van der Waals surface area contributed by atoms with Crippen LogP contribution in [-0.4, -0.2) is 31.6 Å². The van der Waals surface area contributed by atoms with Crippen LogP contribution in [0.25, 0.3) is 0 Å². The van der Waals surface area contributed by atoms with Crippen LogP contribution in [0, 0.1) is 0 Å². The van der Waals surface area contributed by atoms with Crippen LogP contribution in [-0.2, 0) is 9.84 Å². The molecule has 0 fully saturated rings. The summed E-state index contributed by atoms with van der Waals surface area (Å²) in [7, 11) is -3.05. The van der Waals surface area contributed by atoms with Crippen LogP contribution >= 0.6 is 0 Å². The lowest BCUT2D eigenvalue weighted by atomic mass is 10.1. The van der Waals surface area contributed by atoms with E-state index in [1.165, 1.54) is 0 Å². The van der Waals surface area contributed by atoms with Crippen LogP contribution in [0.5, 0.6) is 0 Å². The van der Waals surface area contributed by atoms with Gasteiger partial charge in [0, 0.05) is 6.26 Å². The fourth-order valence-electron chi connectivity index (χ4n) is 0.846. The van der Waals surface area contributed by atoms with Crippen LogP contribution in [0.2, 0.25) is 0 Å². The molecule has 0 radical (unpaired) electrons. The van der Waals surface area contributed by atoms with E-state index in [9.17, 15) is 13.5 Å². The highest BCUT2D eigenvalue weighted by atomic mass is 32.2. The molecular weight excluding hydrogens is 176 g/mol. The molecule has 0 aromatic carbocycles. The Hall–Kier alpha value is -0.350. The number of hydrogen-bond acceptors (Lipinski definition) is 3. The second-order valence-electron chi connectivity index (χ2n) is 3.24.